The van der Waals surface area contributed by atoms with Crippen molar-refractivity contribution in [1.29, 1.82) is 0 Å². The first-order chi connectivity index (χ1) is 12.3. The monoisotopic (exact) mass is 362 g/mol. The number of hydrogen-bond donors (Lipinski definition) is 0. The van der Waals surface area contributed by atoms with Crippen LogP contribution in [-0.2, 0) is 17.6 Å². The molecule has 2 heterocycles. The predicted molar refractivity (Wildman–Crippen MR) is 97.3 cm³/mol. The van der Waals surface area contributed by atoms with E-state index < -0.39 is 0 Å². The molecule has 0 atom stereocenters. The highest BCUT2D eigenvalue weighted by atomic mass is 32.1. The maximum atomic E-state index is 12.7. The number of hydrogen-bond acceptors (Lipinski definition) is 6. The van der Waals surface area contributed by atoms with Gasteiger partial charge >= 0.3 is 5.97 Å². The number of aromatic nitrogens is 4. The van der Waals surface area contributed by atoms with Crippen LogP contribution in [0.15, 0.2) is 6.33 Å². The molecule has 25 heavy (non-hydrogen) atoms. The Bertz CT molecular complexity index is 682. The molecule has 1 aliphatic carbocycles. The largest absolute Gasteiger partial charge is 0.462 e. The first-order valence-electron chi connectivity index (χ1n) is 9.36. The molecule has 0 aromatic carbocycles. The molecular formula is C18H26N4O2S. The zero-order valence-corrected chi connectivity index (χ0v) is 15.7. The van der Waals surface area contributed by atoms with Gasteiger partial charge in [-0.15, -0.1) is 16.4 Å². The SMILES string of the molecule is CCOC(=O)c1c(-n2cnnn2)sc2c1CCCCCCCCCC2. The lowest BCUT2D eigenvalue weighted by Gasteiger charge is -2.10. The van der Waals surface area contributed by atoms with Gasteiger partial charge in [-0.25, -0.2) is 4.79 Å². The van der Waals surface area contributed by atoms with Gasteiger partial charge in [0.25, 0.3) is 0 Å². The molecule has 1 aliphatic rings. The van der Waals surface area contributed by atoms with Crippen LogP contribution >= 0.6 is 11.3 Å². The van der Waals surface area contributed by atoms with Crippen molar-refractivity contribution in [3.8, 4) is 5.00 Å². The van der Waals surface area contributed by atoms with Gasteiger partial charge in [0.15, 0.2) is 0 Å². The van der Waals surface area contributed by atoms with E-state index in [1.807, 2.05) is 6.92 Å². The number of carbonyl (C=O) groups excluding carboxylic acids is 1. The third-order valence-electron chi connectivity index (χ3n) is 4.69. The number of rotatable bonds is 3. The van der Waals surface area contributed by atoms with Crippen molar-refractivity contribution in [2.45, 2.75) is 71.1 Å². The van der Waals surface area contributed by atoms with Crippen molar-refractivity contribution in [1.82, 2.24) is 20.2 Å². The number of tetrazole rings is 1. The van der Waals surface area contributed by atoms with Crippen molar-refractivity contribution in [2.24, 2.45) is 0 Å². The lowest BCUT2D eigenvalue weighted by Crippen LogP contribution is -2.11. The normalized spacial score (nSPS) is 16.5. The smallest absolute Gasteiger partial charge is 0.341 e. The predicted octanol–water partition coefficient (Wildman–Crippen LogP) is 4.12. The average Bonchev–Trinajstić information content (AvgIpc) is 3.23. The Kier molecular flexibility index (Phi) is 6.55. The van der Waals surface area contributed by atoms with E-state index in [9.17, 15) is 4.79 Å². The summed E-state index contributed by atoms with van der Waals surface area (Å²) in [5.41, 5.74) is 1.83. The third-order valence-corrected chi connectivity index (χ3v) is 5.97. The number of esters is 1. The van der Waals surface area contributed by atoms with Crippen LogP contribution in [0, 0.1) is 0 Å². The van der Waals surface area contributed by atoms with Crippen LogP contribution in [0.4, 0.5) is 0 Å². The number of fused-ring (bicyclic) bond motifs is 1. The summed E-state index contributed by atoms with van der Waals surface area (Å²) < 4.78 is 6.95. The van der Waals surface area contributed by atoms with E-state index in [1.165, 1.54) is 49.8 Å². The van der Waals surface area contributed by atoms with Crippen molar-refractivity contribution < 1.29 is 9.53 Å². The summed E-state index contributed by atoms with van der Waals surface area (Å²) in [5, 5.41) is 12.3. The summed E-state index contributed by atoms with van der Waals surface area (Å²) in [6, 6.07) is 0. The van der Waals surface area contributed by atoms with Crippen LogP contribution in [0.1, 0.15) is 79.1 Å². The Labute approximate surface area is 152 Å². The summed E-state index contributed by atoms with van der Waals surface area (Å²) in [4.78, 5) is 14.0. The van der Waals surface area contributed by atoms with Gasteiger partial charge < -0.3 is 4.74 Å². The van der Waals surface area contributed by atoms with Crippen LogP contribution in [0.5, 0.6) is 0 Å². The Morgan fingerprint density at radius 2 is 1.80 bits per heavy atom. The van der Waals surface area contributed by atoms with E-state index in [0.29, 0.717) is 12.2 Å². The molecule has 0 saturated carbocycles. The molecule has 6 nitrogen and oxygen atoms in total. The van der Waals surface area contributed by atoms with Gasteiger partial charge in [-0.2, -0.15) is 4.68 Å². The van der Waals surface area contributed by atoms with E-state index in [0.717, 1.165) is 29.8 Å². The average molecular weight is 362 g/mol. The fourth-order valence-electron chi connectivity index (χ4n) is 3.44. The van der Waals surface area contributed by atoms with Gasteiger partial charge in [-0.3, -0.25) is 0 Å². The Balaban J connectivity index is 1.98. The Morgan fingerprint density at radius 1 is 1.12 bits per heavy atom. The third kappa shape index (κ3) is 4.45. The topological polar surface area (TPSA) is 69.9 Å². The number of carbonyl (C=O) groups is 1. The second-order valence-electron chi connectivity index (χ2n) is 6.49. The second-order valence-corrected chi connectivity index (χ2v) is 7.57. The molecule has 0 fully saturated rings. The molecule has 0 radical (unpaired) electrons. The Morgan fingerprint density at radius 3 is 2.44 bits per heavy atom. The molecule has 3 rings (SSSR count). The van der Waals surface area contributed by atoms with Gasteiger partial charge in [-0.05, 0) is 48.6 Å². The first kappa shape index (κ1) is 18.0. The highest BCUT2D eigenvalue weighted by molar-refractivity contribution is 7.15. The van der Waals surface area contributed by atoms with E-state index in [2.05, 4.69) is 15.5 Å². The first-order valence-corrected chi connectivity index (χ1v) is 10.2. The minimum absolute atomic E-state index is 0.252. The van der Waals surface area contributed by atoms with Crippen molar-refractivity contribution in [3.05, 3.63) is 22.3 Å². The molecule has 2 aromatic rings. The molecule has 7 heteroatoms. The van der Waals surface area contributed by atoms with E-state index in [4.69, 9.17) is 4.74 Å². The lowest BCUT2D eigenvalue weighted by atomic mass is 9.97. The fraction of sp³-hybridized carbons (Fsp3) is 0.667. The molecule has 0 N–H and O–H groups in total. The van der Waals surface area contributed by atoms with E-state index >= 15 is 0 Å². The van der Waals surface area contributed by atoms with E-state index in [1.54, 1.807) is 22.3 Å². The molecule has 0 aliphatic heterocycles. The lowest BCUT2D eigenvalue weighted by molar-refractivity contribution is 0.0525. The second kappa shape index (κ2) is 9.08. The highest BCUT2D eigenvalue weighted by Crippen LogP contribution is 2.35. The maximum absolute atomic E-state index is 12.7. The standard InChI is InChI=1S/C18H26N4O2S/c1-2-24-18(23)16-14-11-9-7-5-3-4-6-8-10-12-15(14)25-17(16)22-13-19-20-21-22/h13H,2-12H2,1H3. The molecule has 2 aromatic heterocycles. The van der Waals surface area contributed by atoms with Gasteiger partial charge in [-0.1, -0.05) is 38.5 Å². The highest BCUT2D eigenvalue weighted by Gasteiger charge is 2.26. The molecular weight excluding hydrogens is 336 g/mol. The van der Waals surface area contributed by atoms with Gasteiger partial charge in [0.05, 0.1) is 12.2 Å². The minimum Gasteiger partial charge on any atom is -0.462 e. The molecule has 0 spiro atoms. The van der Waals surface area contributed by atoms with Gasteiger partial charge in [0.1, 0.15) is 11.3 Å². The van der Waals surface area contributed by atoms with Crippen LogP contribution in [0.2, 0.25) is 0 Å². The fourth-order valence-corrected chi connectivity index (χ4v) is 4.73. The molecule has 136 valence electrons. The van der Waals surface area contributed by atoms with Crippen molar-refractivity contribution in [2.75, 3.05) is 6.61 Å². The number of ether oxygens (including phenoxy) is 1. The van der Waals surface area contributed by atoms with Crippen molar-refractivity contribution >= 4 is 17.3 Å². The number of thiophene rings is 1. The Hall–Kier alpha value is -1.76. The van der Waals surface area contributed by atoms with Crippen LogP contribution < -0.4 is 0 Å². The summed E-state index contributed by atoms with van der Waals surface area (Å²) >= 11 is 1.64. The zero-order valence-electron chi connectivity index (χ0n) is 14.9. The van der Waals surface area contributed by atoms with Gasteiger partial charge in [0.2, 0.25) is 0 Å². The van der Waals surface area contributed by atoms with Crippen molar-refractivity contribution in [3.63, 3.8) is 0 Å². The molecule has 0 amide bonds. The molecule has 0 saturated heterocycles. The number of aryl methyl sites for hydroxylation is 1. The number of nitrogens with zero attached hydrogens (tertiary/aromatic N) is 4. The van der Waals surface area contributed by atoms with Gasteiger partial charge in [0, 0.05) is 4.88 Å². The van der Waals surface area contributed by atoms with E-state index in [-0.39, 0.29) is 5.97 Å². The van der Waals surface area contributed by atoms with Crippen LogP contribution in [0.25, 0.3) is 5.00 Å². The molecule has 0 bridgehead atoms. The van der Waals surface area contributed by atoms with Crippen LogP contribution in [0.3, 0.4) is 0 Å². The quantitative estimate of drug-likeness (QED) is 0.768. The zero-order chi connectivity index (χ0) is 17.5. The summed E-state index contributed by atoms with van der Waals surface area (Å²) in [6.45, 7) is 2.21. The summed E-state index contributed by atoms with van der Waals surface area (Å²) in [5.74, 6) is -0.252. The van der Waals surface area contributed by atoms with Crippen LogP contribution in [-0.4, -0.2) is 32.8 Å². The summed E-state index contributed by atoms with van der Waals surface area (Å²) in [7, 11) is 0. The molecule has 0 unspecified atom stereocenters. The summed E-state index contributed by atoms with van der Waals surface area (Å²) in [6.07, 6.45) is 13.5. The maximum Gasteiger partial charge on any atom is 0.341 e. The minimum atomic E-state index is -0.252.